The summed E-state index contributed by atoms with van der Waals surface area (Å²) in [6.07, 6.45) is 0. The number of hydrogen-bond acceptors (Lipinski definition) is 5. The molecule has 1 rings (SSSR count). The van der Waals surface area contributed by atoms with Gasteiger partial charge in [0.1, 0.15) is 0 Å². The minimum Gasteiger partial charge on any atom is -0.493 e. The van der Waals surface area contributed by atoms with Crippen molar-refractivity contribution in [2.45, 2.75) is 19.4 Å². The first-order valence-corrected chi connectivity index (χ1v) is 6.12. The van der Waals surface area contributed by atoms with Gasteiger partial charge in [-0.05, 0) is 13.8 Å². The summed E-state index contributed by atoms with van der Waals surface area (Å²) in [4.78, 5) is 2.06. The van der Waals surface area contributed by atoms with Crippen LogP contribution in [0.25, 0.3) is 0 Å². The molecule has 5 nitrogen and oxygen atoms in total. The minimum atomic E-state index is -0.283. The van der Waals surface area contributed by atoms with Crippen molar-refractivity contribution >= 4 is 5.69 Å². The summed E-state index contributed by atoms with van der Waals surface area (Å²) in [6.45, 7) is 4.69. The smallest absolute Gasteiger partial charge is 0.203 e. The van der Waals surface area contributed by atoms with Crippen LogP contribution in [0.5, 0.6) is 17.2 Å². The van der Waals surface area contributed by atoms with Crippen LogP contribution < -0.4 is 24.8 Å². The van der Waals surface area contributed by atoms with Crippen LogP contribution in [0.3, 0.4) is 0 Å². The molecule has 0 aliphatic rings. The maximum Gasteiger partial charge on any atom is 0.203 e. The maximum absolute atomic E-state index is 6.04. The number of ether oxygens (including phenoxy) is 3. The predicted octanol–water partition coefficient (Wildman–Crippen LogP) is 1.89. The van der Waals surface area contributed by atoms with Crippen LogP contribution in [0.15, 0.2) is 12.1 Å². The quantitative estimate of drug-likeness (QED) is 0.853. The van der Waals surface area contributed by atoms with Crippen LogP contribution in [0.2, 0.25) is 0 Å². The second-order valence-corrected chi connectivity index (χ2v) is 5.23. The average Bonchev–Trinajstić information content (AvgIpc) is 2.34. The highest BCUT2D eigenvalue weighted by atomic mass is 16.5. The summed E-state index contributed by atoms with van der Waals surface area (Å²) >= 11 is 0. The van der Waals surface area contributed by atoms with E-state index >= 15 is 0 Å². The summed E-state index contributed by atoms with van der Waals surface area (Å²) in [6, 6.07) is 3.82. The van der Waals surface area contributed by atoms with Crippen LogP contribution >= 0.6 is 0 Å². The van der Waals surface area contributed by atoms with Gasteiger partial charge in [-0.15, -0.1) is 0 Å². The van der Waals surface area contributed by atoms with Gasteiger partial charge in [0.05, 0.1) is 21.3 Å². The number of nitrogens with zero attached hydrogens (tertiary/aromatic N) is 1. The Morgan fingerprint density at radius 3 is 1.84 bits per heavy atom. The van der Waals surface area contributed by atoms with Crippen molar-refractivity contribution in [3.8, 4) is 17.2 Å². The molecule has 0 heterocycles. The molecule has 0 aliphatic heterocycles. The van der Waals surface area contributed by atoms with Gasteiger partial charge in [0.2, 0.25) is 5.75 Å². The number of rotatable bonds is 6. The second-order valence-electron chi connectivity index (χ2n) is 5.23. The van der Waals surface area contributed by atoms with Crippen molar-refractivity contribution in [1.29, 1.82) is 0 Å². The molecule has 108 valence electrons. The Balaban J connectivity index is 3.15. The van der Waals surface area contributed by atoms with Crippen molar-refractivity contribution in [3.05, 3.63) is 12.1 Å². The highest BCUT2D eigenvalue weighted by Crippen LogP contribution is 2.40. The van der Waals surface area contributed by atoms with E-state index in [9.17, 15) is 0 Å². The third kappa shape index (κ3) is 3.92. The van der Waals surface area contributed by atoms with Gasteiger partial charge in [-0.25, -0.2) is 0 Å². The molecule has 0 aromatic heterocycles. The zero-order chi connectivity index (χ0) is 14.6. The second kappa shape index (κ2) is 6.02. The molecule has 0 spiro atoms. The van der Waals surface area contributed by atoms with Gasteiger partial charge in [-0.2, -0.15) is 0 Å². The molecule has 0 radical (unpaired) electrons. The van der Waals surface area contributed by atoms with Crippen molar-refractivity contribution in [3.63, 3.8) is 0 Å². The fourth-order valence-electron chi connectivity index (χ4n) is 1.99. The normalized spacial score (nSPS) is 11.1. The Kier molecular flexibility index (Phi) is 4.89. The summed E-state index contributed by atoms with van der Waals surface area (Å²) in [5.74, 6) is 1.87. The minimum absolute atomic E-state index is 0.283. The highest BCUT2D eigenvalue weighted by Gasteiger charge is 2.18. The summed E-state index contributed by atoms with van der Waals surface area (Å²) < 4.78 is 16.0. The molecule has 0 fully saturated rings. The van der Waals surface area contributed by atoms with E-state index in [2.05, 4.69) is 4.90 Å². The Morgan fingerprint density at radius 1 is 1.05 bits per heavy atom. The summed E-state index contributed by atoms with van der Waals surface area (Å²) in [5, 5.41) is 0. The number of nitrogens with two attached hydrogens (primary N) is 1. The molecular formula is C14H24N2O3. The molecule has 2 N–H and O–H groups in total. The average molecular weight is 268 g/mol. The number of hydrogen-bond donors (Lipinski definition) is 1. The van der Waals surface area contributed by atoms with Gasteiger partial charge in [-0.1, -0.05) is 0 Å². The third-order valence-corrected chi connectivity index (χ3v) is 2.73. The van der Waals surface area contributed by atoms with E-state index in [0.29, 0.717) is 23.8 Å². The van der Waals surface area contributed by atoms with Crippen molar-refractivity contribution in [1.82, 2.24) is 0 Å². The lowest BCUT2D eigenvalue weighted by Crippen LogP contribution is -2.44. The monoisotopic (exact) mass is 268 g/mol. The van der Waals surface area contributed by atoms with Crippen molar-refractivity contribution in [2.24, 2.45) is 5.73 Å². The number of methoxy groups -OCH3 is 3. The highest BCUT2D eigenvalue weighted by molar-refractivity contribution is 5.63. The summed E-state index contributed by atoms with van der Waals surface area (Å²) in [5.41, 5.74) is 6.73. The Hall–Kier alpha value is -1.62. The molecule has 19 heavy (non-hydrogen) atoms. The van der Waals surface area contributed by atoms with E-state index in [1.165, 1.54) is 0 Å². The molecule has 5 heteroatoms. The lowest BCUT2D eigenvalue weighted by atomic mass is 10.1. The molecule has 1 aromatic rings. The fourth-order valence-corrected chi connectivity index (χ4v) is 1.99. The van der Waals surface area contributed by atoms with E-state index in [0.717, 1.165) is 5.69 Å². The first-order chi connectivity index (χ1) is 8.82. The fraction of sp³-hybridized carbons (Fsp3) is 0.571. The zero-order valence-corrected chi connectivity index (χ0v) is 12.6. The number of likely N-dealkylation sites (N-methyl/N-ethyl adjacent to an activating group) is 1. The van der Waals surface area contributed by atoms with E-state index in [1.807, 2.05) is 33.0 Å². The van der Waals surface area contributed by atoms with Crippen LogP contribution in [-0.4, -0.2) is 40.5 Å². The van der Waals surface area contributed by atoms with Gasteiger partial charge in [0.25, 0.3) is 0 Å². The van der Waals surface area contributed by atoms with Crippen LogP contribution in [0, 0.1) is 0 Å². The Morgan fingerprint density at radius 2 is 1.53 bits per heavy atom. The molecule has 1 aromatic carbocycles. The number of benzene rings is 1. The molecule has 0 saturated heterocycles. The molecular weight excluding hydrogens is 244 g/mol. The van der Waals surface area contributed by atoms with Crippen molar-refractivity contribution in [2.75, 3.05) is 39.8 Å². The molecule has 0 unspecified atom stereocenters. The third-order valence-electron chi connectivity index (χ3n) is 2.73. The van der Waals surface area contributed by atoms with Gasteiger partial charge in [0, 0.05) is 37.0 Å². The van der Waals surface area contributed by atoms with Crippen molar-refractivity contribution < 1.29 is 14.2 Å². The lowest BCUT2D eigenvalue weighted by molar-refractivity contribution is 0.324. The van der Waals surface area contributed by atoms with Gasteiger partial charge in [-0.3, -0.25) is 0 Å². The van der Waals surface area contributed by atoms with Crippen LogP contribution in [-0.2, 0) is 0 Å². The molecule has 0 amide bonds. The molecule has 0 bridgehead atoms. The van der Waals surface area contributed by atoms with Crippen LogP contribution in [0.4, 0.5) is 5.69 Å². The standard InChI is InChI=1S/C14H24N2O3/c1-14(2,15)9-16(3)10-7-11(17-4)13(19-6)12(8-10)18-5/h7-8H,9,15H2,1-6H3. The van der Waals surface area contributed by atoms with Crippen LogP contribution in [0.1, 0.15) is 13.8 Å². The lowest BCUT2D eigenvalue weighted by Gasteiger charge is -2.29. The first kappa shape index (κ1) is 15.4. The van der Waals surface area contributed by atoms with Gasteiger partial charge in [0.15, 0.2) is 11.5 Å². The first-order valence-electron chi connectivity index (χ1n) is 6.12. The topological polar surface area (TPSA) is 57.0 Å². The molecule has 0 saturated carbocycles. The zero-order valence-electron chi connectivity index (χ0n) is 12.6. The summed E-state index contributed by atoms with van der Waals surface area (Å²) in [7, 11) is 6.78. The van der Waals surface area contributed by atoms with E-state index in [1.54, 1.807) is 21.3 Å². The van der Waals surface area contributed by atoms with E-state index < -0.39 is 0 Å². The Labute approximate surface area is 115 Å². The largest absolute Gasteiger partial charge is 0.493 e. The SMILES string of the molecule is COc1cc(N(C)CC(C)(C)N)cc(OC)c1OC. The van der Waals surface area contributed by atoms with Gasteiger partial charge < -0.3 is 24.8 Å². The van der Waals surface area contributed by atoms with Gasteiger partial charge >= 0.3 is 0 Å². The predicted molar refractivity (Wildman–Crippen MR) is 77.6 cm³/mol. The van der Waals surface area contributed by atoms with E-state index in [4.69, 9.17) is 19.9 Å². The molecule has 0 aliphatic carbocycles. The molecule has 0 atom stereocenters. The number of anilines is 1. The van der Waals surface area contributed by atoms with E-state index in [-0.39, 0.29) is 5.54 Å². The Bertz CT molecular complexity index is 402. The maximum atomic E-state index is 6.04.